The first-order valence-electron chi connectivity index (χ1n) is 17.1. The second-order valence-corrected chi connectivity index (χ2v) is 14.1. The molecule has 0 radical (unpaired) electrons. The van der Waals surface area contributed by atoms with Gasteiger partial charge in [0.2, 0.25) is 5.88 Å². The minimum Gasteiger partial charge on any atom is -0.472 e. The summed E-state index contributed by atoms with van der Waals surface area (Å²) in [7, 11) is 3.62. The van der Waals surface area contributed by atoms with Crippen LogP contribution in [0.3, 0.4) is 0 Å². The third kappa shape index (κ3) is 7.19. The first kappa shape index (κ1) is 35.3. The molecular weight excluding hydrogens is 643 g/mol. The second kappa shape index (κ2) is 14.0. The number of aryl methyl sites for hydroxylation is 4. The first-order chi connectivity index (χ1) is 24.2. The van der Waals surface area contributed by atoms with Crippen LogP contribution in [0, 0.1) is 26.6 Å². The van der Waals surface area contributed by atoms with E-state index >= 15 is 0 Å². The summed E-state index contributed by atoms with van der Waals surface area (Å²) in [4.78, 5) is 12.7. The zero-order chi connectivity index (χ0) is 36.6. The third-order valence-corrected chi connectivity index (χ3v) is 9.66. The topological polar surface area (TPSA) is 93.1 Å². The molecule has 1 atom stereocenters. The van der Waals surface area contributed by atoms with Gasteiger partial charge >= 0.3 is 0 Å². The molecule has 11 heteroatoms. The number of benzene rings is 3. The quantitative estimate of drug-likeness (QED) is 0.152. The molecule has 0 spiro atoms. The molecule has 5 aromatic rings. The largest absolute Gasteiger partial charge is 0.472 e. The summed E-state index contributed by atoms with van der Waals surface area (Å²) in [5.41, 5.74) is 9.21. The summed E-state index contributed by atoms with van der Waals surface area (Å²) in [5.74, 6) is 1.42. The van der Waals surface area contributed by atoms with E-state index in [0.29, 0.717) is 30.3 Å². The van der Waals surface area contributed by atoms with E-state index in [4.69, 9.17) is 4.74 Å². The standard InChI is InChI=1S/C21H22N6O.C19H23FN2O/c1-15-8-10-18(11-9-15)26-13-12-21(22-26)28-14-19-16(2)6-5-7-20(19)27-17(3)25(4)23-24-27;1-11-9-19(3,4)18-15(20)7-6-13(17(11)18)8-16(23)14-10-22(5)21-12(14)2/h5-13H,3,14H2,1-2,4H3;6-7,10-11H,8-9H2,1-5H3. The van der Waals surface area contributed by atoms with Gasteiger partial charge < -0.3 is 4.74 Å². The lowest BCUT2D eigenvalue weighted by atomic mass is 9.85. The van der Waals surface area contributed by atoms with Crippen molar-refractivity contribution in [3.05, 3.63) is 136 Å². The van der Waals surface area contributed by atoms with Gasteiger partial charge in [0.1, 0.15) is 18.2 Å². The van der Waals surface area contributed by atoms with Gasteiger partial charge in [-0.3, -0.25) is 9.48 Å². The summed E-state index contributed by atoms with van der Waals surface area (Å²) >= 11 is 0. The molecule has 0 saturated heterocycles. The van der Waals surface area contributed by atoms with E-state index in [0.717, 1.165) is 51.3 Å². The molecule has 2 aromatic heterocycles. The van der Waals surface area contributed by atoms with Crippen LogP contribution < -0.4 is 9.75 Å². The highest BCUT2D eigenvalue weighted by Crippen LogP contribution is 2.48. The van der Waals surface area contributed by atoms with Crippen LogP contribution in [0.2, 0.25) is 0 Å². The van der Waals surface area contributed by atoms with Gasteiger partial charge in [0.25, 0.3) is 0 Å². The number of carbonyl (C=O) groups excluding carboxylic acids is 1. The van der Waals surface area contributed by atoms with Gasteiger partial charge in [-0.1, -0.05) is 63.2 Å². The van der Waals surface area contributed by atoms with Gasteiger partial charge in [-0.05, 0) is 95.5 Å². The predicted octanol–water partition coefficient (Wildman–Crippen LogP) is 8.65. The number of anilines is 1. The van der Waals surface area contributed by atoms with E-state index in [1.54, 1.807) is 31.6 Å². The summed E-state index contributed by atoms with van der Waals surface area (Å²) in [5, 5.41) is 20.3. The van der Waals surface area contributed by atoms with Gasteiger partial charge in [0.15, 0.2) is 5.78 Å². The number of ketones is 1. The molecule has 3 aromatic carbocycles. The van der Waals surface area contributed by atoms with Crippen LogP contribution in [0.1, 0.15) is 82.5 Å². The van der Waals surface area contributed by atoms with E-state index < -0.39 is 0 Å². The van der Waals surface area contributed by atoms with Crippen LogP contribution in [0.25, 0.3) is 5.69 Å². The Hall–Kier alpha value is -5.58. The molecule has 10 nitrogen and oxygen atoms in total. The van der Waals surface area contributed by atoms with Crippen molar-refractivity contribution in [2.75, 3.05) is 12.1 Å². The fourth-order valence-corrected chi connectivity index (χ4v) is 7.12. The minimum atomic E-state index is -0.178. The summed E-state index contributed by atoms with van der Waals surface area (Å²) < 4.78 is 23.8. The van der Waals surface area contributed by atoms with Crippen molar-refractivity contribution in [1.29, 1.82) is 0 Å². The number of hydrogen-bond donors (Lipinski definition) is 0. The monoisotopic (exact) mass is 688 g/mol. The van der Waals surface area contributed by atoms with Gasteiger partial charge in [-0.25, -0.2) is 14.1 Å². The number of fused-ring (bicyclic) bond motifs is 1. The number of nitrogens with zero attached hydrogens (tertiary/aromatic N) is 8. The maximum absolute atomic E-state index is 14.4. The lowest BCUT2D eigenvalue weighted by Crippen LogP contribution is -2.20. The molecule has 1 aliphatic heterocycles. The molecule has 264 valence electrons. The van der Waals surface area contributed by atoms with Crippen molar-refractivity contribution in [3.63, 3.8) is 0 Å². The van der Waals surface area contributed by atoms with E-state index in [2.05, 4.69) is 67.1 Å². The number of hydrogen-bond acceptors (Lipinski definition) is 8. The van der Waals surface area contributed by atoms with Crippen molar-refractivity contribution in [2.24, 2.45) is 17.5 Å². The van der Waals surface area contributed by atoms with E-state index in [-0.39, 0.29) is 22.9 Å². The molecule has 2 aliphatic rings. The van der Waals surface area contributed by atoms with Crippen LogP contribution in [-0.2, 0) is 25.5 Å². The zero-order valence-corrected chi connectivity index (χ0v) is 30.6. The molecule has 1 aliphatic carbocycles. The number of aromatic nitrogens is 4. The van der Waals surface area contributed by atoms with Crippen molar-refractivity contribution < 1.29 is 13.9 Å². The van der Waals surface area contributed by atoms with Crippen LogP contribution in [0.4, 0.5) is 10.1 Å². The maximum Gasteiger partial charge on any atom is 0.233 e. The Kier molecular flexibility index (Phi) is 9.66. The number of Topliss-reactive ketones (excluding diaryl/α,β-unsaturated/α-hetero) is 1. The lowest BCUT2D eigenvalue weighted by Gasteiger charge is -2.20. The third-order valence-electron chi connectivity index (χ3n) is 9.66. The highest BCUT2D eigenvalue weighted by molar-refractivity contribution is 5.98. The van der Waals surface area contributed by atoms with Crippen LogP contribution in [0.5, 0.6) is 5.88 Å². The van der Waals surface area contributed by atoms with Gasteiger partial charge in [0.05, 0.1) is 22.6 Å². The highest BCUT2D eigenvalue weighted by atomic mass is 19.1. The normalized spacial score (nSPS) is 15.9. The Morgan fingerprint density at radius 3 is 2.41 bits per heavy atom. The van der Waals surface area contributed by atoms with E-state index in [1.807, 2.05) is 70.5 Å². The van der Waals surface area contributed by atoms with Crippen molar-refractivity contribution in [2.45, 2.75) is 72.3 Å². The lowest BCUT2D eigenvalue weighted by molar-refractivity contribution is 0.0992. The van der Waals surface area contributed by atoms with Crippen LogP contribution in [-0.4, -0.2) is 37.4 Å². The molecule has 0 bridgehead atoms. The second-order valence-electron chi connectivity index (χ2n) is 14.1. The van der Waals surface area contributed by atoms with Gasteiger partial charge in [-0.15, -0.1) is 5.10 Å². The van der Waals surface area contributed by atoms with E-state index in [1.165, 1.54) is 11.6 Å². The zero-order valence-electron chi connectivity index (χ0n) is 30.6. The number of rotatable bonds is 8. The fraction of sp³-hybridized carbons (Fsp3) is 0.325. The fourth-order valence-electron chi connectivity index (χ4n) is 7.12. The Bertz CT molecular complexity index is 2130. The van der Waals surface area contributed by atoms with Crippen molar-refractivity contribution >= 4 is 11.5 Å². The molecular formula is C40H45FN8O2. The van der Waals surface area contributed by atoms with E-state index in [9.17, 15) is 9.18 Å². The average Bonchev–Trinajstić information content (AvgIpc) is 3.84. The highest BCUT2D eigenvalue weighted by Gasteiger charge is 2.39. The first-order valence-corrected chi connectivity index (χ1v) is 17.1. The predicted molar refractivity (Wildman–Crippen MR) is 196 cm³/mol. The van der Waals surface area contributed by atoms with Crippen molar-refractivity contribution in [3.8, 4) is 11.6 Å². The number of ether oxygens (including phenoxy) is 1. The summed E-state index contributed by atoms with van der Waals surface area (Å²) in [6.07, 6.45) is 4.87. The SMILES string of the molecule is C=C1N(C)N=NN1c1cccc(C)c1COc1ccn(-c2ccc(C)cc2)n1.Cc1nn(C)cc1C(=O)Cc1ccc(F)c2c1C(C)CC2(C)C. The molecule has 7 rings (SSSR count). The Morgan fingerprint density at radius 2 is 1.75 bits per heavy atom. The number of carbonyl (C=O) groups is 1. The van der Waals surface area contributed by atoms with Gasteiger partial charge in [-0.2, -0.15) is 10.1 Å². The summed E-state index contributed by atoms with van der Waals surface area (Å²) in [6.45, 7) is 16.6. The molecule has 0 saturated carbocycles. The Labute approximate surface area is 298 Å². The maximum atomic E-state index is 14.4. The molecule has 0 fully saturated rings. The molecule has 1 unspecified atom stereocenters. The molecule has 0 N–H and O–H groups in total. The van der Waals surface area contributed by atoms with Crippen LogP contribution in [0.15, 0.2) is 95.9 Å². The number of halogens is 1. The minimum absolute atomic E-state index is 0.0429. The Balaban J connectivity index is 0.000000179. The average molecular weight is 689 g/mol. The Morgan fingerprint density at radius 1 is 1.00 bits per heavy atom. The molecule has 0 amide bonds. The van der Waals surface area contributed by atoms with Crippen molar-refractivity contribution in [1.82, 2.24) is 24.6 Å². The smallest absolute Gasteiger partial charge is 0.233 e. The van der Waals surface area contributed by atoms with Gasteiger partial charge in [0, 0.05) is 44.5 Å². The summed E-state index contributed by atoms with van der Waals surface area (Å²) in [6, 6.07) is 19.4. The molecule has 3 heterocycles. The van der Waals surface area contributed by atoms with Crippen LogP contribution >= 0.6 is 0 Å². The molecule has 51 heavy (non-hydrogen) atoms.